The van der Waals surface area contributed by atoms with Gasteiger partial charge in [0, 0.05) is 35.6 Å². The van der Waals surface area contributed by atoms with Gasteiger partial charge in [0.25, 0.3) is 11.8 Å². The minimum Gasteiger partial charge on any atom is -0.391 e. The Balaban J connectivity index is 1.55. The molecule has 1 aromatic carbocycles. The molecule has 5 N–H and O–H groups in total. The maximum Gasteiger partial charge on any atom is 0.259 e. The first-order chi connectivity index (χ1) is 16.0. The molecular formula is C24H26N4O4S. The number of nitrogens with one attached hydrogen (secondary N) is 2. The maximum atomic E-state index is 12.3. The van der Waals surface area contributed by atoms with Crippen LogP contribution in [0, 0.1) is 23.7 Å². The number of amides is 2. The third-order valence-corrected chi connectivity index (χ3v) is 5.93. The van der Waals surface area contributed by atoms with Crippen LogP contribution in [0.25, 0.3) is 0 Å². The van der Waals surface area contributed by atoms with Gasteiger partial charge in [-0.15, -0.1) is 11.3 Å². The first-order valence-corrected chi connectivity index (χ1v) is 11.3. The molecule has 2 amide bonds. The van der Waals surface area contributed by atoms with Crippen molar-refractivity contribution < 1.29 is 19.4 Å². The van der Waals surface area contributed by atoms with Crippen LogP contribution in [0.1, 0.15) is 32.6 Å². The Morgan fingerprint density at radius 3 is 2.52 bits per heavy atom. The summed E-state index contributed by atoms with van der Waals surface area (Å²) >= 11 is 1.67. The third kappa shape index (κ3) is 7.43. The summed E-state index contributed by atoms with van der Waals surface area (Å²) in [5.41, 5.74) is 2.95. The molecule has 0 aliphatic carbocycles. The van der Waals surface area contributed by atoms with Crippen molar-refractivity contribution in [3.63, 3.8) is 0 Å². The van der Waals surface area contributed by atoms with Gasteiger partial charge in [-0.1, -0.05) is 5.92 Å². The second kappa shape index (κ2) is 12.2. The fourth-order valence-corrected chi connectivity index (χ4v) is 4.03. The zero-order valence-corrected chi connectivity index (χ0v) is 19.1. The lowest BCUT2D eigenvalue weighted by Gasteiger charge is -2.25. The van der Waals surface area contributed by atoms with Crippen LogP contribution in [0.5, 0.6) is 0 Å². The van der Waals surface area contributed by atoms with Crippen LogP contribution >= 0.6 is 11.3 Å². The number of hydrogen-bond acceptors (Lipinski definition) is 7. The minimum atomic E-state index is -1.15. The molecule has 0 unspecified atom stereocenters. The zero-order valence-electron chi connectivity index (χ0n) is 18.3. The zero-order chi connectivity index (χ0) is 23.6. The summed E-state index contributed by atoms with van der Waals surface area (Å²) in [6.45, 7) is 5.78. The van der Waals surface area contributed by atoms with Gasteiger partial charge in [0.1, 0.15) is 6.04 Å². The van der Waals surface area contributed by atoms with E-state index in [1.54, 1.807) is 35.6 Å². The molecule has 1 aliphatic heterocycles. The number of carbonyl (C=O) groups excluding carboxylic acids is 2. The average molecular weight is 467 g/mol. The first-order valence-electron chi connectivity index (χ1n) is 10.5. The Morgan fingerprint density at radius 2 is 1.85 bits per heavy atom. The van der Waals surface area contributed by atoms with Crippen LogP contribution in [0.15, 0.2) is 36.4 Å². The summed E-state index contributed by atoms with van der Waals surface area (Å²) in [6.07, 6.45) is -1.10. The number of rotatable bonds is 6. The van der Waals surface area contributed by atoms with Crippen molar-refractivity contribution in [1.82, 2.24) is 15.6 Å². The predicted molar refractivity (Wildman–Crippen MR) is 126 cm³/mol. The molecule has 33 heavy (non-hydrogen) atoms. The second-order valence-electron chi connectivity index (χ2n) is 7.43. The highest BCUT2D eigenvalue weighted by Gasteiger charge is 2.25. The van der Waals surface area contributed by atoms with Crippen molar-refractivity contribution >= 4 is 23.2 Å². The van der Waals surface area contributed by atoms with Gasteiger partial charge >= 0.3 is 0 Å². The number of benzene rings is 1. The molecule has 0 spiro atoms. The van der Waals surface area contributed by atoms with Crippen molar-refractivity contribution in [1.29, 1.82) is 0 Å². The summed E-state index contributed by atoms with van der Waals surface area (Å²) < 4.78 is 5.38. The van der Waals surface area contributed by atoms with Crippen LogP contribution in [0.4, 0.5) is 0 Å². The predicted octanol–water partition coefficient (Wildman–Crippen LogP) is 0.453. The van der Waals surface area contributed by atoms with Crippen molar-refractivity contribution in [2.45, 2.75) is 25.6 Å². The van der Waals surface area contributed by atoms with Gasteiger partial charge in [-0.2, -0.15) is 0 Å². The van der Waals surface area contributed by atoms with Crippen LogP contribution < -0.4 is 16.6 Å². The van der Waals surface area contributed by atoms with Crippen molar-refractivity contribution in [2.24, 2.45) is 5.84 Å². The quantitative estimate of drug-likeness (QED) is 0.213. The summed E-state index contributed by atoms with van der Waals surface area (Å²) in [7, 11) is 0. The Morgan fingerprint density at radius 1 is 1.15 bits per heavy atom. The van der Waals surface area contributed by atoms with Crippen LogP contribution in [-0.4, -0.2) is 60.3 Å². The average Bonchev–Trinajstić information content (AvgIpc) is 3.27. The fraction of sp³-hybridized carbons (Fsp3) is 0.333. The smallest absolute Gasteiger partial charge is 0.259 e. The lowest BCUT2D eigenvalue weighted by Crippen LogP contribution is -2.54. The highest BCUT2D eigenvalue weighted by molar-refractivity contribution is 7.12. The highest BCUT2D eigenvalue weighted by atomic mass is 32.1. The normalized spacial score (nSPS) is 15.2. The lowest BCUT2D eigenvalue weighted by molar-refractivity contribution is -0.125. The molecule has 2 aromatic rings. The van der Waals surface area contributed by atoms with Gasteiger partial charge in [0.15, 0.2) is 0 Å². The molecule has 8 nitrogen and oxygen atoms in total. The van der Waals surface area contributed by atoms with E-state index >= 15 is 0 Å². The monoisotopic (exact) mass is 466 g/mol. The highest BCUT2D eigenvalue weighted by Crippen LogP contribution is 2.18. The first kappa shape index (κ1) is 24.5. The van der Waals surface area contributed by atoms with E-state index < -0.39 is 24.0 Å². The van der Waals surface area contributed by atoms with E-state index in [4.69, 9.17) is 10.6 Å². The van der Waals surface area contributed by atoms with E-state index in [9.17, 15) is 14.7 Å². The number of aliphatic hydroxyl groups excluding tert-OH is 1. The van der Waals surface area contributed by atoms with Gasteiger partial charge in [-0.05, 0) is 61.1 Å². The van der Waals surface area contributed by atoms with Crippen LogP contribution in [0.3, 0.4) is 0 Å². The van der Waals surface area contributed by atoms with Gasteiger partial charge < -0.3 is 15.2 Å². The number of aliphatic hydroxyl groups is 1. The van der Waals surface area contributed by atoms with Gasteiger partial charge in [-0.3, -0.25) is 19.9 Å². The number of hydrazine groups is 1. The van der Waals surface area contributed by atoms with E-state index in [0.717, 1.165) is 37.7 Å². The Bertz CT molecular complexity index is 1080. The number of morpholine rings is 1. The fourth-order valence-electron chi connectivity index (χ4n) is 3.13. The van der Waals surface area contributed by atoms with E-state index in [0.29, 0.717) is 11.1 Å². The van der Waals surface area contributed by atoms with Gasteiger partial charge in [0.2, 0.25) is 0 Å². The van der Waals surface area contributed by atoms with Gasteiger partial charge in [-0.25, -0.2) is 5.84 Å². The van der Waals surface area contributed by atoms with E-state index in [1.807, 2.05) is 11.5 Å². The minimum absolute atomic E-state index is 0.327. The molecule has 1 fully saturated rings. The second-order valence-corrected chi connectivity index (χ2v) is 8.60. The summed E-state index contributed by atoms with van der Waals surface area (Å²) in [6, 6.07) is 9.51. The molecule has 0 radical (unpaired) electrons. The molecule has 172 valence electrons. The SMILES string of the molecule is C[C@@H](O)[C@H](NC(=O)c1ccc(C#CC#Cc2ccc(CN3CCOCC3)s2)cc1)C(=O)NN. The maximum absolute atomic E-state index is 12.3. The molecule has 1 saturated heterocycles. The van der Waals surface area contributed by atoms with Crippen molar-refractivity contribution in [2.75, 3.05) is 26.3 Å². The number of thiophene rings is 1. The lowest BCUT2D eigenvalue weighted by atomic mass is 10.1. The Labute approximate surface area is 197 Å². The molecule has 0 saturated carbocycles. The van der Waals surface area contributed by atoms with Crippen molar-refractivity contribution in [3.05, 3.63) is 57.3 Å². The van der Waals surface area contributed by atoms with E-state index in [1.165, 1.54) is 11.8 Å². The summed E-state index contributed by atoms with van der Waals surface area (Å²) in [5, 5.41) is 12.1. The molecule has 2 heterocycles. The Hall–Kier alpha value is -3.18. The standard InChI is InChI=1S/C24H26N4O4S/c1-17(29)22(24(31)27-25)26-23(30)19-8-6-18(7-9-19)4-2-3-5-20-10-11-21(33-20)16-28-12-14-32-15-13-28/h6-11,17,22,29H,12-16,25H2,1H3,(H,26,30)(H,27,31)/t17-,22+/m1/s1. The number of hydrogen-bond donors (Lipinski definition) is 4. The third-order valence-electron chi connectivity index (χ3n) is 4.94. The van der Waals surface area contributed by atoms with Crippen LogP contribution in [-0.2, 0) is 16.1 Å². The summed E-state index contributed by atoms with van der Waals surface area (Å²) in [4.78, 5) is 28.6. The molecule has 0 bridgehead atoms. The molecule has 1 aromatic heterocycles. The Kier molecular flexibility index (Phi) is 9.02. The number of carbonyl (C=O) groups is 2. The largest absolute Gasteiger partial charge is 0.391 e. The van der Waals surface area contributed by atoms with Crippen LogP contribution in [0.2, 0.25) is 0 Å². The van der Waals surface area contributed by atoms with E-state index in [2.05, 4.69) is 40.0 Å². The number of nitrogens with zero attached hydrogens (tertiary/aromatic N) is 1. The topological polar surface area (TPSA) is 117 Å². The number of nitrogens with two attached hydrogens (primary N) is 1. The molecular weight excluding hydrogens is 440 g/mol. The van der Waals surface area contributed by atoms with E-state index in [-0.39, 0.29) is 0 Å². The molecule has 2 atom stereocenters. The molecule has 1 aliphatic rings. The number of ether oxygens (including phenoxy) is 1. The van der Waals surface area contributed by atoms with Gasteiger partial charge in [0.05, 0.1) is 24.2 Å². The molecule has 3 rings (SSSR count). The summed E-state index contributed by atoms with van der Waals surface area (Å²) in [5.74, 6) is 15.6. The van der Waals surface area contributed by atoms with Crippen molar-refractivity contribution in [3.8, 4) is 23.7 Å². The molecule has 9 heteroatoms.